The summed E-state index contributed by atoms with van der Waals surface area (Å²) in [7, 11) is 0. The molecule has 1 aromatic heterocycles. The third kappa shape index (κ3) is 5.96. The number of carbonyl (C=O) groups is 1. The minimum atomic E-state index is -0.344. The van der Waals surface area contributed by atoms with E-state index in [1.54, 1.807) is 53.4 Å². The molecule has 1 amide bonds. The van der Waals surface area contributed by atoms with Crippen LogP contribution >= 0.6 is 23.2 Å². The SMILES string of the molecule is O=C(/C=C/c1ccc(-c2cc(Cl)cc(Cl)c2)o1)N1CCN(c2ccc([N+](=O)[O-])c(N3CCOCC3)c2)CC1. The summed E-state index contributed by atoms with van der Waals surface area (Å²) < 4.78 is 11.2. The Morgan fingerprint density at radius 2 is 1.61 bits per heavy atom. The van der Waals surface area contributed by atoms with Gasteiger partial charge in [-0.15, -0.1) is 0 Å². The van der Waals surface area contributed by atoms with Gasteiger partial charge < -0.3 is 23.9 Å². The van der Waals surface area contributed by atoms with Gasteiger partial charge in [0.1, 0.15) is 17.2 Å². The van der Waals surface area contributed by atoms with Crippen molar-refractivity contribution < 1.29 is 18.9 Å². The molecule has 9 nitrogen and oxygen atoms in total. The molecule has 0 saturated carbocycles. The monoisotopic (exact) mass is 556 g/mol. The normalized spacial score (nSPS) is 16.3. The standard InChI is InChI=1S/C27H26Cl2N4O5/c28-20-15-19(16-21(29)17-20)26-5-2-23(38-26)3-6-27(34)32-9-7-30(8-10-32)22-1-4-24(33(35)36)25(18-22)31-11-13-37-14-12-31/h1-6,15-18H,7-14H2/b6-3+. The maximum absolute atomic E-state index is 12.8. The summed E-state index contributed by atoms with van der Waals surface area (Å²) in [5.41, 5.74) is 2.36. The van der Waals surface area contributed by atoms with E-state index in [1.807, 2.05) is 11.0 Å². The molecular weight excluding hydrogens is 531 g/mol. The maximum atomic E-state index is 12.8. The van der Waals surface area contributed by atoms with Crippen LogP contribution in [0.25, 0.3) is 17.4 Å². The number of anilines is 2. The van der Waals surface area contributed by atoms with Crippen LogP contribution in [0, 0.1) is 10.1 Å². The van der Waals surface area contributed by atoms with Gasteiger partial charge in [0.05, 0.1) is 18.1 Å². The number of rotatable bonds is 6. The van der Waals surface area contributed by atoms with Crippen LogP contribution in [-0.2, 0) is 9.53 Å². The van der Waals surface area contributed by atoms with Gasteiger partial charge in [0, 0.05) is 72.7 Å². The molecule has 11 heteroatoms. The van der Waals surface area contributed by atoms with Gasteiger partial charge in [-0.25, -0.2) is 0 Å². The number of nitrogens with zero attached hydrogens (tertiary/aromatic N) is 4. The maximum Gasteiger partial charge on any atom is 0.292 e. The Labute approximate surface area is 229 Å². The molecule has 5 rings (SSSR count). The number of halogens is 2. The predicted octanol–water partition coefficient (Wildman–Crippen LogP) is 5.36. The van der Waals surface area contributed by atoms with E-state index >= 15 is 0 Å². The average molecular weight is 557 g/mol. The van der Waals surface area contributed by atoms with Crippen molar-refractivity contribution in [3.63, 3.8) is 0 Å². The summed E-state index contributed by atoms with van der Waals surface area (Å²) in [6, 6.07) is 14.0. The lowest BCUT2D eigenvalue weighted by Crippen LogP contribution is -2.48. The molecule has 38 heavy (non-hydrogen) atoms. The Balaban J connectivity index is 1.21. The number of morpholine rings is 1. The smallest absolute Gasteiger partial charge is 0.292 e. The highest BCUT2D eigenvalue weighted by Gasteiger charge is 2.25. The van der Waals surface area contributed by atoms with E-state index in [2.05, 4.69) is 4.90 Å². The molecular formula is C27H26Cl2N4O5. The van der Waals surface area contributed by atoms with Gasteiger partial charge in [0.25, 0.3) is 5.69 Å². The highest BCUT2D eigenvalue weighted by molar-refractivity contribution is 6.35. The Hall–Kier alpha value is -3.53. The number of hydrogen-bond donors (Lipinski definition) is 0. The lowest BCUT2D eigenvalue weighted by atomic mass is 10.1. The largest absolute Gasteiger partial charge is 0.457 e. The number of carbonyl (C=O) groups excluding carboxylic acids is 1. The first-order valence-corrected chi connectivity index (χ1v) is 13.0. The molecule has 3 heterocycles. The van der Waals surface area contributed by atoms with Crippen molar-refractivity contribution in [3.05, 3.63) is 80.5 Å². The molecule has 2 aromatic carbocycles. The highest BCUT2D eigenvalue weighted by atomic mass is 35.5. The topological polar surface area (TPSA) is 92.3 Å². The lowest BCUT2D eigenvalue weighted by molar-refractivity contribution is -0.384. The van der Waals surface area contributed by atoms with Gasteiger partial charge in [-0.3, -0.25) is 14.9 Å². The van der Waals surface area contributed by atoms with Crippen LogP contribution in [0.5, 0.6) is 0 Å². The highest BCUT2D eigenvalue weighted by Crippen LogP contribution is 2.34. The van der Waals surface area contributed by atoms with Crippen LogP contribution in [0.15, 0.2) is 59.0 Å². The van der Waals surface area contributed by atoms with Gasteiger partial charge in [-0.05, 0) is 48.5 Å². The number of furan rings is 1. The third-order valence-corrected chi connectivity index (χ3v) is 7.06. The minimum Gasteiger partial charge on any atom is -0.457 e. The summed E-state index contributed by atoms with van der Waals surface area (Å²) in [6.45, 7) is 4.65. The van der Waals surface area contributed by atoms with Crippen LogP contribution in [0.1, 0.15) is 5.76 Å². The lowest BCUT2D eigenvalue weighted by Gasteiger charge is -2.36. The van der Waals surface area contributed by atoms with Gasteiger partial charge in [-0.2, -0.15) is 0 Å². The first-order valence-electron chi connectivity index (χ1n) is 12.3. The van der Waals surface area contributed by atoms with Gasteiger partial charge in [0.15, 0.2) is 0 Å². The van der Waals surface area contributed by atoms with Gasteiger partial charge >= 0.3 is 0 Å². The zero-order chi connectivity index (χ0) is 26.6. The molecule has 0 N–H and O–H groups in total. The Kier molecular flexibility index (Phi) is 7.87. The molecule has 0 spiro atoms. The molecule has 2 aliphatic heterocycles. The van der Waals surface area contributed by atoms with E-state index in [0.29, 0.717) is 79.7 Å². The fourth-order valence-corrected chi connectivity index (χ4v) is 5.18. The average Bonchev–Trinajstić information content (AvgIpc) is 3.41. The molecule has 0 bridgehead atoms. The summed E-state index contributed by atoms with van der Waals surface area (Å²) in [5.74, 6) is 1.05. The van der Waals surface area contributed by atoms with Gasteiger partial charge in [0.2, 0.25) is 5.91 Å². The third-order valence-electron chi connectivity index (χ3n) is 6.63. The van der Waals surface area contributed by atoms with Crippen LogP contribution in [0.3, 0.4) is 0 Å². The molecule has 0 radical (unpaired) electrons. The van der Waals surface area contributed by atoms with E-state index < -0.39 is 0 Å². The summed E-state index contributed by atoms with van der Waals surface area (Å²) >= 11 is 12.2. The van der Waals surface area contributed by atoms with Crippen molar-refractivity contribution in [2.24, 2.45) is 0 Å². The fraction of sp³-hybridized carbons (Fsp3) is 0.296. The second-order valence-corrected chi connectivity index (χ2v) is 9.91. The van der Waals surface area contributed by atoms with E-state index in [9.17, 15) is 14.9 Å². The molecule has 0 atom stereocenters. The Morgan fingerprint density at radius 3 is 2.29 bits per heavy atom. The number of piperazine rings is 1. The molecule has 198 valence electrons. The number of nitro groups is 1. The van der Waals surface area contributed by atoms with Crippen molar-refractivity contribution in [1.82, 2.24) is 4.90 Å². The summed E-state index contributed by atoms with van der Waals surface area (Å²) in [6.07, 6.45) is 3.15. The Morgan fingerprint density at radius 1 is 0.895 bits per heavy atom. The van der Waals surface area contributed by atoms with Crippen LogP contribution in [0.4, 0.5) is 17.1 Å². The van der Waals surface area contributed by atoms with Crippen molar-refractivity contribution in [1.29, 1.82) is 0 Å². The number of nitro benzene ring substituents is 1. The minimum absolute atomic E-state index is 0.0918. The second kappa shape index (κ2) is 11.5. The molecule has 2 aliphatic rings. The molecule has 0 unspecified atom stereocenters. The van der Waals surface area contributed by atoms with E-state index in [4.69, 9.17) is 32.4 Å². The predicted molar refractivity (Wildman–Crippen MR) is 148 cm³/mol. The second-order valence-electron chi connectivity index (χ2n) is 9.04. The molecule has 2 fully saturated rings. The molecule has 2 saturated heterocycles. The number of amides is 1. The first kappa shape index (κ1) is 26.1. The van der Waals surface area contributed by atoms with E-state index in [-0.39, 0.29) is 16.5 Å². The van der Waals surface area contributed by atoms with Crippen LogP contribution in [0.2, 0.25) is 10.0 Å². The number of ether oxygens (including phenoxy) is 1. The van der Waals surface area contributed by atoms with Crippen LogP contribution in [-0.4, -0.2) is 68.2 Å². The number of benzene rings is 2. The summed E-state index contributed by atoms with van der Waals surface area (Å²) in [4.78, 5) is 30.0. The summed E-state index contributed by atoms with van der Waals surface area (Å²) in [5, 5.41) is 12.6. The molecule has 3 aromatic rings. The molecule has 0 aliphatic carbocycles. The Bertz CT molecular complexity index is 1340. The quantitative estimate of drug-likeness (QED) is 0.229. The zero-order valence-corrected chi connectivity index (χ0v) is 22.0. The van der Waals surface area contributed by atoms with Gasteiger partial charge in [-0.1, -0.05) is 23.2 Å². The van der Waals surface area contributed by atoms with Crippen molar-refractivity contribution >= 4 is 52.2 Å². The van der Waals surface area contributed by atoms with Crippen LogP contribution < -0.4 is 9.80 Å². The van der Waals surface area contributed by atoms with Crippen molar-refractivity contribution in [2.75, 3.05) is 62.3 Å². The van der Waals surface area contributed by atoms with Crippen molar-refractivity contribution in [3.8, 4) is 11.3 Å². The fourth-order valence-electron chi connectivity index (χ4n) is 4.66. The van der Waals surface area contributed by atoms with E-state index in [0.717, 1.165) is 11.3 Å². The van der Waals surface area contributed by atoms with Crippen molar-refractivity contribution in [2.45, 2.75) is 0 Å². The number of hydrogen-bond acceptors (Lipinski definition) is 7. The first-order chi connectivity index (χ1) is 18.4. The van der Waals surface area contributed by atoms with E-state index in [1.165, 1.54) is 6.08 Å². The zero-order valence-electron chi connectivity index (χ0n) is 20.5.